The number of benzene rings is 2. The van der Waals surface area contributed by atoms with Crippen LogP contribution in [0, 0.1) is 13.8 Å². The molecular formula is C24H24N2O3. The van der Waals surface area contributed by atoms with E-state index in [2.05, 4.69) is 36.1 Å². The van der Waals surface area contributed by atoms with Gasteiger partial charge in [-0.25, -0.2) is 4.79 Å². The Labute approximate surface area is 171 Å². The number of pyridine rings is 1. The van der Waals surface area contributed by atoms with E-state index in [4.69, 9.17) is 9.57 Å². The fourth-order valence-corrected chi connectivity index (χ4v) is 2.93. The standard InChI is InChI=1S/C24H24N2O3/c1-4-28-24(27)19-13-14-20(25-15-19)16-29-26-23(21-11-7-5-9-17(21)2)22-12-8-6-10-18(22)3/h5-15H,4,16H2,1-3H3. The van der Waals surface area contributed by atoms with Crippen LogP contribution >= 0.6 is 0 Å². The fourth-order valence-electron chi connectivity index (χ4n) is 2.93. The molecule has 0 bridgehead atoms. The average molecular weight is 388 g/mol. The zero-order chi connectivity index (χ0) is 20.6. The molecule has 5 nitrogen and oxygen atoms in total. The first kappa shape index (κ1) is 20.3. The predicted octanol–water partition coefficient (Wildman–Crippen LogP) is 4.84. The van der Waals surface area contributed by atoms with Crippen molar-refractivity contribution in [2.45, 2.75) is 27.4 Å². The summed E-state index contributed by atoms with van der Waals surface area (Å²) < 4.78 is 4.97. The van der Waals surface area contributed by atoms with Gasteiger partial charge in [-0.05, 0) is 44.0 Å². The molecule has 0 aliphatic carbocycles. The number of nitrogens with zero attached hydrogens (tertiary/aromatic N) is 2. The molecule has 1 heterocycles. The third-order valence-corrected chi connectivity index (χ3v) is 4.50. The summed E-state index contributed by atoms with van der Waals surface area (Å²) in [6.45, 7) is 6.41. The van der Waals surface area contributed by atoms with Crippen molar-refractivity contribution >= 4 is 11.7 Å². The van der Waals surface area contributed by atoms with Gasteiger partial charge in [-0.1, -0.05) is 53.7 Å². The van der Waals surface area contributed by atoms with Gasteiger partial charge >= 0.3 is 5.97 Å². The third-order valence-electron chi connectivity index (χ3n) is 4.50. The van der Waals surface area contributed by atoms with Crippen LogP contribution in [-0.2, 0) is 16.2 Å². The summed E-state index contributed by atoms with van der Waals surface area (Å²) in [7, 11) is 0. The zero-order valence-corrected chi connectivity index (χ0v) is 16.9. The quantitative estimate of drug-likeness (QED) is 0.330. The highest BCUT2D eigenvalue weighted by molar-refractivity contribution is 6.14. The Morgan fingerprint density at radius 1 is 0.931 bits per heavy atom. The van der Waals surface area contributed by atoms with Crippen LogP contribution in [0.1, 0.15) is 45.2 Å². The molecule has 3 rings (SSSR count). The van der Waals surface area contributed by atoms with Gasteiger partial charge in [-0.15, -0.1) is 0 Å². The number of esters is 1. The molecule has 0 radical (unpaired) electrons. The van der Waals surface area contributed by atoms with Gasteiger partial charge in [0.2, 0.25) is 0 Å². The molecule has 0 N–H and O–H groups in total. The average Bonchev–Trinajstić information content (AvgIpc) is 2.73. The first-order valence-electron chi connectivity index (χ1n) is 9.54. The summed E-state index contributed by atoms with van der Waals surface area (Å²) in [6.07, 6.45) is 1.49. The number of rotatable bonds is 7. The summed E-state index contributed by atoms with van der Waals surface area (Å²) in [5.74, 6) is -0.383. The fraction of sp³-hybridized carbons (Fsp3) is 0.208. The molecule has 0 unspecified atom stereocenters. The van der Waals surface area contributed by atoms with Crippen LogP contribution < -0.4 is 0 Å². The molecule has 5 heteroatoms. The predicted molar refractivity (Wildman–Crippen MR) is 113 cm³/mol. The maximum Gasteiger partial charge on any atom is 0.339 e. The summed E-state index contributed by atoms with van der Waals surface area (Å²) in [5.41, 5.74) is 6.16. The van der Waals surface area contributed by atoms with Gasteiger partial charge in [-0.3, -0.25) is 4.98 Å². The highest BCUT2D eigenvalue weighted by Gasteiger charge is 2.13. The Kier molecular flexibility index (Phi) is 6.74. The second-order valence-corrected chi connectivity index (χ2v) is 6.60. The number of carbonyl (C=O) groups excluding carboxylic acids is 1. The van der Waals surface area contributed by atoms with Gasteiger partial charge in [0, 0.05) is 17.3 Å². The lowest BCUT2D eigenvalue weighted by atomic mass is 9.95. The first-order chi connectivity index (χ1) is 14.1. The summed E-state index contributed by atoms with van der Waals surface area (Å²) >= 11 is 0. The SMILES string of the molecule is CCOC(=O)c1ccc(CON=C(c2ccccc2C)c2ccccc2C)nc1. The van der Waals surface area contributed by atoms with Crippen molar-refractivity contribution in [2.75, 3.05) is 6.61 Å². The van der Waals surface area contributed by atoms with Gasteiger partial charge in [0.15, 0.2) is 6.61 Å². The zero-order valence-electron chi connectivity index (χ0n) is 16.9. The molecule has 0 atom stereocenters. The molecule has 3 aromatic rings. The number of hydrogen-bond donors (Lipinski definition) is 0. The van der Waals surface area contributed by atoms with Crippen molar-refractivity contribution in [2.24, 2.45) is 5.16 Å². The molecule has 0 fully saturated rings. The highest BCUT2D eigenvalue weighted by atomic mass is 16.6. The molecule has 0 saturated heterocycles. The summed E-state index contributed by atoms with van der Waals surface area (Å²) in [5, 5.41) is 4.45. The Hall–Kier alpha value is -3.47. The maximum atomic E-state index is 11.7. The largest absolute Gasteiger partial charge is 0.462 e. The van der Waals surface area contributed by atoms with E-state index in [0.717, 1.165) is 28.0 Å². The van der Waals surface area contributed by atoms with Crippen LogP contribution in [0.3, 0.4) is 0 Å². The van der Waals surface area contributed by atoms with Crippen LogP contribution in [0.5, 0.6) is 0 Å². The monoisotopic (exact) mass is 388 g/mol. The maximum absolute atomic E-state index is 11.7. The van der Waals surface area contributed by atoms with E-state index < -0.39 is 0 Å². The van der Waals surface area contributed by atoms with Crippen molar-refractivity contribution in [3.8, 4) is 0 Å². The minimum absolute atomic E-state index is 0.199. The lowest BCUT2D eigenvalue weighted by Gasteiger charge is -2.12. The Bertz CT molecular complexity index is 963. The van der Waals surface area contributed by atoms with Gasteiger partial charge in [0.1, 0.15) is 5.71 Å². The number of aryl methyl sites for hydroxylation is 2. The number of hydrogen-bond acceptors (Lipinski definition) is 5. The van der Waals surface area contributed by atoms with Crippen molar-refractivity contribution < 1.29 is 14.4 Å². The van der Waals surface area contributed by atoms with Gasteiger partial charge in [-0.2, -0.15) is 0 Å². The van der Waals surface area contributed by atoms with Crippen LogP contribution in [-0.4, -0.2) is 23.3 Å². The van der Waals surface area contributed by atoms with Gasteiger partial charge in [0.05, 0.1) is 17.9 Å². The van der Waals surface area contributed by atoms with Crippen molar-refractivity contribution in [3.63, 3.8) is 0 Å². The molecule has 148 valence electrons. The minimum atomic E-state index is -0.383. The van der Waals surface area contributed by atoms with Crippen LogP contribution in [0.2, 0.25) is 0 Å². The van der Waals surface area contributed by atoms with Crippen molar-refractivity contribution in [3.05, 3.63) is 100 Å². The highest BCUT2D eigenvalue weighted by Crippen LogP contribution is 2.18. The molecule has 0 saturated carbocycles. The third kappa shape index (κ3) is 5.08. The molecule has 1 aromatic heterocycles. The van der Waals surface area contributed by atoms with Crippen LogP contribution in [0.15, 0.2) is 72.0 Å². The molecule has 0 aliphatic heterocycles. The first-order valence-corrected chi connectivity index (χ1v) is 9.54. The van der Waals surface area contributed by atoms with E-state index in [9.17, 15) is 4.79 Å². The molecule has 29 heavy (non-hydrogen) atoms. The normalized spacial score (nSPS) is 10.3. The lowest BCUT2D eigenvalue weighted by molar-refractivity contribution is 0.0525. The number of oxime groups is 1. The molecule has 0 aliphatic rings. The Morgan fingerprint density at radius 3 is 2.07 bits per heavy atom. The van der Waals surface area contributed by atoms with E-state index >= 15 is 0 Å². The summed E-state index contributed by atoms with van der Waals surface area (Å²) in [6, 6.07) is 19.6. The van der Waals surface area contributed by atoms with E-state index in [0.29, 0.717) is 17.9 Å². The van der Waals surface area contributed by atoms with Crippen molar-refractivity contribution in [1.29, 1.82) is 0 Å². The van der Waals surface area contributed by atoms with E-state index in [1.165, 1.54) is 6.20 Å². The number of carbonyl (C=O) groups is 1. The molecule has 0 amide bonds. The van der Waals surface area contributed by atoms with Gasteiger partial charge < -0.3 is 9.57 Å². The van der Waals surface area contributed by atoms with Gasteiger partial charge in [0.25, 0.3) is 0 Å². The van der Waals surface area contributed by atoms with E-state index in [1.807, 2.05) is 36.4 Å². The van der Waals surface area contributed by atoms with Crippen LogP contribution in [0.4, 0.5) is 0 Å². The molecule has 0 spiro atoms. The van der Waals surface area contributed by atoms with Crippen LogP contribution in [0.25, 0.3) is 0 Å². The van der Waals surface area contributed by atoms with E-state index in [-0.39, 0.29) is 12.6 Å². The smallest absolute Gasteiger partial charge is 0.339 e. The molecule has 2 aromatic carbocycles. The van der Waals surface area contributed by atoms with Crippen molar-refractivity contribution in [1.82, 2.24) is 4.98 Å². The number of aromatic nitrogens is 1. The minimum Gasteiger partial charge on any atom is -0.462 e. The number of ether oxygens (including phenoxy) is 1. The Morgan fingerprint density at radius 2 is 1.55 bits per heavy atom. The lowest BCUT2D eigenvalue weighted by Crippen LogP contribution is -2.09. The summed E-state index contributed by atoms with van der Waals surface area (Å²) in [4.78, 5) is 21.6. The second-order valence-electron chi connectivity index (χ2n) is 6.60. The van der Waals surface area contributed by atoms with E-state index in [1.54, 1.807) is 19.1 Å². The Balaban J connectivity index is 1.82. The topological polar surface area (TPSA) is 60.8 Å². The second kappa shape index (κ2) is 9.64. The molecular weight excluding hydrogens is 364 g/mol.